The fourth-order valence-electron chi connectivity index (χ4n) is 5.48. The maximum absolute atomic E-state index is 6.28. The fraction of sp³-hybridized carbons (Fsp3) is 0.889. The Balaban J connectivity index is 1.25. The van der Waals surface area contributed by atoms with Crippen molar-refractivity contribution >= 4 is 11.9 Å². The summed E-state index contributed by atoms with van der Waals surface area (Å²) in [6.07, 6.45) is 5.18. The van der Waals surface area contributed by atoms with Crippen molar-refractivity contribution in [1.29, 1.82) is 0 Å². The summed E-state index contributed by atoms with van der Waals surface area (Å²) in [5.74, 6) is -0.462. The molecular formula is C27H45N5O7. The first-order chi connectivity index (χ1) is 18.7. The molecule has 12 nitrogen and oxygen atoms in total. The van der Waals surface area contributed by atoms with E-state index in [9.17, 15) is 0 Å². The summed E-state index contributed by atoms with van der Waals surface area (Å²) in [7, 11) is 0. The van der Waals surface area contributed by atoms with Crippen LogP contribution in [0, 0.1) is 0 Å². The van der Waals surface area contributed by atoms with E-state index in [4.69, 9.17) is 33.2 Å². The second-order valence-electron chi connectivity index (χ2n) is 11.6. The van der Waals surface area contributed by atoms with Crippen molar-refractivity contribution < 1.29 is 33.2 Å². The Morgan fingerprint density at radius 1 is 0.846 bits per heavy atom. The minimum atomic E-state index is -0.774. The molecule has 1 aromatic rings. The first-order valence-corrected chi connectivity index (χ1v) is 14.6. The van der Waals surface area contributed by atoms with Crippen molar-refractivity contribution in [3.8, 4) is 6.01 Å². The minimum absolute atomic E-state index is 0.164. The number of hydrogen-bond donors (Lipinski definition) is 1. The lowest BCUT2D eigenvalue weighted by Gasteiger charge is -2.36. The van der Waals surface area contributed by atoms with Gasteiger partial charge in [0.15, 0.2) is 17.9 Å². The highest BCUT2D eigenvalue weighted by Gasteiger charge is 2.60. The van der Waals surface area contributed by atoms with E-state index >= 15 is 0 Å². The van der Waals surface area contributed by atoms with Gasteiger partial charge in [-0.2, -0.15) is 15.0 Å². The average molecular weight is 552 g/mol. The minimum Gasteiger partial charge on any atom is -0.460 e. The van der Waals surface area contributed by atoms with Gasteiger partial charge < -0.3 is 43.4 Å². The molecular weight excluding hydrogens is 506 g/mol. The molecule has 5 heterocycles. The smallest absolute Gasteiger partial charge is 0.323 e. The number of morpholine rings is 1. The second kappa shape index (κ2) is 12.4. The maximum atomic E-state index is 6.28. The van der Waals surface area contributed by atoms with Crippen molar-refractivity contribution in [2.45, 2.75) is 115 Å². The quantitative estimate of drug-likeness (QED) is 0.384. The molecule has 0 saturated carbocycles. The number of nitrogens with zero attached hydrogens (tertiary/aromatic N) is 4. The Hall–Kier alpha value is -1.83. The van der Waals surface area contributed by atoms with Crippen molar-refractivity contribution in [3.63, 3.8) is 0 Å². The van der Waals surface area contributed by atoms with Gasteiger partial charge in [0.25, 0.3) is 0 Å². The molecule has 12 heteroatoms. The van der Waals surface area contributed by atoms with Gasteiger partial charge in [0.1, 0.15) is 31.0 Å². The van der Waals surface area contributed by atoms with Gasteiger partial charge in [0.2, 0.25) is 11.9 Å². The first-order valence-electron chi connectivity index (χ1n) is 14.6. The molecule has 4 saturated heterocycles. The molecule has 4 aliphatic rings. The second-order valence-corrected chi connectivity index (χ2v) is 11.6. The van der Waals surface area contributed by atoms with E-state index in [1.54, 1.807) is 0 Å². The molecule has 39 heavy (non-hydrogen) atoms. The van der Waals surface area contributed by atoms with Crippen LogP contribution in [-0.2, 0) is 28.4 Å². The third kappa shape index (κ3) is 7.28. The molecule has 0 unspecified atom stereocenters. The van der Waals surface area contributed by atoms with Gasteiger partial charge in [-0.25, -0.2) is 0 Å². The third-order valence-corrected chi connectivity index (χ3v) is 7.34. The summed E-state index contributed by atoms with van der Waals surface area (Å²) in [5.41, 5.74) is 0. The van der Waals surface area contributed by atoms with Crippen LogP contribution in [0.25, 0.3) is 0 Å². The number of ether oxygens (including phenoxy) is 7. The summed E-state index contributed by atoms with van der Waals surface area (Å²) in [6, 6.07) is 0.237. The third-order valence-electron chi connectivity index (χ3n) is 7.34. The van der Waals surface area contributed by atoms with E-state index in [1.165, 1.54) is 32.1 Å². The fourth-order valence-corrected chi connectivity index (χ4v) is 5.48. The van der Waals surface area contributed by atoms with E-state index < -0.39 is 24.0 Å². The normalized spacial score (nSPS) is 31.1. The van der Waals surface area contributed by atoms with Crippen molar-refractivity contribution in [3.05, 3.63) is 0 Å². The zero-order chi connectivity index (χ0) is 27.5. The Morgan fingerprint density at radius 2 is 1.54 bits per heavy atom. The standard InChI is InChI=1S/C27H45N5O7/c1-6-7-8-9-10-11-12-28-23-29-24(32-13-15-33-16-14-32)31-25(30-23)34-17-18-19-20(37-26(2,3)36-19)21-22(35-18)39-27(4,5)38-21/h18-22H,6-17H2,1-5H3,(H,28,29,30,31)/t18-,19+,20+,21-,22-/m1/s1. The lowest BCUT2D eigenvalue weighted by atomic mass is 9.99. The Kier molecular flexibility index (Phi) is 9.09. The van der Waals surface area contributed by atoms with Crippen LogP contribution in [0.2, 0.25) is 0 Å². The van der Waals surface area contributed by atoms with E-state index in [0.717, 1.165) is 13.0 Å². The molecule has 0 amide bonds. The van der Waals surface area contributed by atoms with Crippen LogP contribution in [0.15, 0.2) is 0 Å². The summed E-state index contributed by atoms with van der Waals surface area (Å²) >= 11 is 0. The molecule has 220 valence electrons. The number of unbranched alkanes of at least 4 members (excludes halogenated alkanes) is 5. The van der Waals surface area contributed by atoms with Gasteiger partial charge in [-0.1, -0.05) is 39.0 Å². The molecule has 0 aliphatic carbocycles. The highest BCUT2D eigenvalue weighted by molar-refractivity contribution is 5.38. The van der Waals surface area contributed by atoms with Gasteiger partial charge >= 0.3 is 6.01 Å². The topological polar surface area (TPSA) is 119 Å². The zero-order valence-electron chi connectivity index (χ0n) is 24.0. The molecule has 0 radical (unpaired) electrons. The van der Waals surface area contributed by atoms with E-state index in [0.29, 0.717) is 38.2 Å². The Labute approximate surface area is 231 Å². The molecule has 4 fully saturated rings. The van der Waals surface area contributed by atoms with Crippen LogP contribution in [0.1, 0.15) is 73.1 Å². The first kappa shape index (κ1) is 28.7. The highest BCUT2D eigenvalue weighted by atomic mass is 16.9. The van der Waals surface area contributed by atoms with Crippen LogP contribution in [0.3, 0.4) is 0 Å². The number of anilines is 2. The summed E-state index contributed by atoms with van der Waals surface area (Å²) in [6.45, 7) is 13.4. The van der Waals surface area contributed by atoms with Gasteiger partial charge in [-0.15, -0.1) is 0 Å². The maximum Gasteiger partial charge on any atom is 0.323 e. The summed E-state index contributed by atoms with van der Waals surface area (Å²) in [4.78, 5) is 16.0. The number of aromatic nitrogens is 3. The Morgan fingerprint density at radius 3 is 2.33 bits per heavy atom. The molecule has 5 atom stereocenters. The number of fused-ring (bicyclic) bond motifs is 3. The summed E-state index contributed by atoms with van der Waals surface area (Å²) < 4.78 is 42.5. The van der Waals surface area contributed by atoms with E-state index in [1.807, 2.05) is 27.7 Å². The van der Waals surface area contributed by atoms with Crippen LogP contribution in [0.5, 0.6) is 6.01 Å². The van der Waals surface area contributed by atoms with Crippen LogP contribution < -0.4 is 15.0 Å². The highest BCUT2D eigenvalue weighted by Crippen LogP contribution is 2.44. The molecule has 0 spiro atoms. The molecule has 1 aromatic heterocycles. The van der Waals surface area contributed by atoms with Gasteiger partial charge in [-0.05, 0) is 34.1 Å². The summed E-state index contributed by atoms with van der Waals surface area (Å²) in [5, 5.41) is 3.37. The van der Waals surface area contributed by atoms with E-state index in [-0.39, 0.29) is 30.9 Å². The SMILES string of the molecule is CCCCCCCCNc1nc(OC[C@H]2O[C@@H]3OC(C)(C)O[C@@H]3[C@H]3OC(C)(C)O[C@H]32)nc(N2CCOCC2)n1. The van der Waals surface area contributed by atoms with Gasteiger partial charge in [0.05, 0.1) is 13.2 Å². The van der Waals surface area contributed by atoms with Gasteiger partial charge in [-0.3, -0.25) is 0 Å². The number of rotatable bonds is 12. The number of nitrogens with one attached hydrogen (secondary N) is 1. The Bertz CT molecular complexity index is 945. The van der Waals surface area contributed by atoms with Crippen LogP contribution in [0.4, 0.5) is 11.9 Å². The molecule has 5 rings (SSSR count). The van der Waals surface area contributed by atoms with Crippen molar-refractivity contribution in [2.24, 2.45) is 0 Å². The molecule has 0 aromatic carbocycles. The average Bonchev–Trinajstić information content (AvgIpc) is 3.41. The largest absolute Gasteiger partial charge is 0.460 e. The lowest BCUT2D eigenvalue weighted by molar-refractivity contribution is -0.238. The predicted molar refractivity (Wildman–Crippen MR) is 143 cm³/mol. The van der Waals surface area contributed by atoms with Crippen LogP contribution in [-0.4, -0.2) is 96.7 Å². The monoisotopic (exact) mass is 551 g/mol. The zero-order valence-corrected chi connectivity index (χ0v) is 24.0. The molecule has 1 N–H and O–H groups in total. The van der Waals surface area contributed by atoms with Gasteiger partial charge in [0, 0.05) is 19.6 Å². The predicted octanol–water partition coefficient (Wildman–Crippen LogP) is 3.26. The molecule has 0 bridgehead atoms. The molecule has 4 aliphatic heterocycles. The van der Waals surface area contributed by atoms with Crippen molar-refractivity contribution in [2.75, 3.05) is 49.7 Å². The van der Waals surface area contributed by atoms with E-state index in [2.05, 4.69) is 32.1 Å². The van der Waals surface area contributed by atoms with Crippen molar-refractivity contribution in [1.82, 2.24) is 15.0 Å². The number of hydrogen-bond acceptors (Lipinski definition) is 12. The lowest BCUT2D eigenvalue weighted by Crippen LogP contribution is -2.56. The van der Waals surface area contributed by atoms with Crippen LogP contribution >= 0.6 is 0 Å².